The van der Waals surface area contributed by atoms with Crippen molar-refractivity contribution in [3.63, 3.8) is 0 Å². The Morgan fingerprint density at radius 1 is 1.20 bits per heavy atom. The number of halogens is 1. The van der Waals surface area contributed by atoms with Crippen LogP contribution in [0.1, 0.15) is 30.4 Å². The molecule has 4 heteroatoms. The van der Waals surface area contributed by atoms with Gasteiger partial charge in [0.05, 0.1) is 6.54 Å². The van der Waals surface area contributed by atoms with Crippen LogP contribution < -0.4 is 10.1 Å². The molecule has 0 saturated carbocycles. The SMILES string of the molecule is CCCNCc1ccc(COc2ccc(Br)c(C)c2)o1. The van der Waals surface area contributed by atoms with Crippen LogP contribution in [-0.2, 0) is 13.2 Å². The highest BCUT2D eigenvalue weighted by Gasteiger charge is 2.04. The van der Waals surface area contributed by atoms with Crippen LogP contribution in [0.3, 0.4) is 0 Å². The van der Waals surface area contributed by atoms with Gasteiger partial charge in [-0.25, -0.2) is 0 Å². The third kappa shape index (κ3) is 4.39. The first-order chi connectivity index (χ1) is 9.69. The molecule has 2 aromatic rings. The second-order valence-electron chi connectivity index (χ2n) is 4.74. The summed E-state index contributed by atoms with van der Waals surface area (Å²) in [6, 6.07) is 9.91. The highest BCUT2D eigenvalue weighted by molar-refractivity contribution is 9.10. The molecular formula is C16H20BrNO2. The Hall–Kier alpha value is -1.26. The van der Waals surface area contributed by atoms with Crippen LogP contribution in [0.15, 0.2) is 39.2 Å². The lowest BCUT2D eigenvalue weighted by Crippen LogP contribution is -2.13. The highest BCUT2D eigenvalue weighted by atomic mass is 79.9. The minimum absolute atomic E-state index is 0.453. The first-order valence-corrected chi connectivity index (χ1v) is 7.65. The minimum Gasteiger partial charge on any atom is -0.486 e. The van der Waals surface area contributed by atoms with E-state index in [2.05, 4.69) is 28.2 Å². The third-order valence-electron chi connectivity index (χ3n) is 2.95. The highest BCUT2D eigenvalue weighted by Crippen LogP contribution is 2.22. The second kappa shape index (κ2) is 7.50. The van der Waals surface area contributed by atoms with E-state index in [1.165, 1.54) is 0 Å². The maximum Gasteiger partial charge on any atom is 0.146 e. The summed E-state index contributed by atoms with van der Waals surface area (Å²) in [7, 11) is 0. The van der Waals surface area contributed by atoms with Gasteiger partial charge < -0.3 is 14.5 Å². The van der Waals surface area contributed by atoms with Gasteiger partial charge in [-0.1, -0.05) is 22.9 Å². The molecule has 2 rings (SSSR count). The molecule has 0 atom stereocenters. The van der Waals surface area contributed by atoms with Gasteiger partial charge in [0.25, 0.3) is 0 Å². The van der Waals surface area contributed by atoms with Gasteiger partial charge in [-0.15, -0.1) is 0 Å². The Kier molecular flexibility index (Phi) is 5.68. The number of hydrogen-bond acceptors (Lipinski definition) is 3. The van der Waals surface area contributed by atoms with Crippen molar-refractivity contribution < 1.29 is 9.15 Å². The van der Waals surface area contributed by atoms with Gasteiger partial charge in [-0.05, 0) is 55.8 Å². The van der Waals surface area contributed by atoms with E-state index in [4.69, 9.17) is 9.15 Å². The lowest BCUT2D eigenvalue weighted by Gasteiger charge is -2.06. The van der Waals surface area contributed by atoms with E-state index in [0.29, 0.717) is 6.61 Å². The topological polar surface area (TPSA) is 34.4 Å². The molecule has 3 nitrogen and oxygen atoms in total. The summed E-state index contributed by atoms with van der Waals surface area (Å²) < 4.78 is 12.5. The molecule has 0 bridgehead atoms. The van der Waals surface area contributed by atoms with Crippen molar-refractivity contribution in [3.8, 4) is 5.75 Å². The van der Waals surface area contributed by atoms with Crippen LogP contribution in [0.4, 0.5) is 0 Å². The van der Waals surface area contributed by atoms with Gasteiger partial charge in [0.15, 0.2) is 0 Å². The Bertz CT molecular complexity index is 551. The molecule has 1 heterocycles. The molecule has 0 saturated heterocycles. The predicted octanol–water partition coefficient (Wildman–Crippen LogP) is 4.43. The molecule has 0 aliphatic rings. The standard InChI is InChI=1S/C16H20BrNO2/c1-3-8-18-10-14-4-5-15(20-14)11-19-13-6-7-16(17)12(2)9-13/h4-7,9,18H,3,8,10-11H2,1-2H3. The van der Waals surface area contributed by atoms with E-state index in [1.807, 2.05) is 37.3 Å². The molecule has 108 valence electrons. The van der Waals surface area contributed by atoms with Crippen LogP contribution in [0.25, 0.3) is 0 Å². The lowest BCUT2D eigenvalue weighted by atomic mass is 10.2. The quantitative estimate of drug-likeness (QED) is 0.759. The van der Waals surface area contributed by atoms with Crippen LogP contribution in [-0.4, -0.2) is 6.54 Å². The maximum absolute atomic E-state index is 5.73. The molecule has 20 heavy (non-hydrogen) atoms. The van der Waals surface area contributed by atoms with Crippen molar-refractivity contribution in [3.05, 3.63) is 51.9 Å². The molecule has 1 aromatic carbocycles. The summed E-state index contributed by atoms with van der Waals surface area (Å²) >= 11 is 3.48. The average Bonchev–Trinajstić information content (AvgIpc) is 2.88. The van der Waals surface area contributed by atoms with E-state index >= 15 is 0 Å². The number of aryl methyl sites for hydroxylation is 1. The molecule has 1 N–H and O–H groups in total. The van der Waals surface area contributed by atoms with Gasteiger partial charge in [0.2, 0.25) is 0 Å². The number of nitrogens with one attached hydrogen (secondary N) is 1. The van der Waals surface area contributed by atoms with Gasteiger partial charge in [-0.3, -0.25) is 0 Å². The summed E-state index contributed by atoms with van der Waals surface area (Å²) in [5.41, 5.74) is 1.16. The van der Waals surface area contributed by atoms with Crippen LogP contribution in [0.2, 0.25) is 0 Å². The first kappa shape index (κ1) is 15.1. The fourth-order valence-electron chi connectivity index (χ4n) is 1.84. The number of furan rings is 1. The monoisotopic (exact) mass is 337 g/mol. The predicted molar refractivity (Wildman–Crippen MR) is 83.9 cm³/mol. The van der Waals surface area contributed by atoms with Crippen LogP contribution in [0, 0.1) is 6.92 Å². The maximum atomic E-state index is 5.73. The van der Waals surface area contributed by atoms with Gasteiger partial charge in [0.1, 0.15) is 23.9 Å². The molecular weight excluding hydrogens is 318 g/mol. The van der Waals surface area contributed by atoms with Gasteiger partial charge in [-0.2, -0.15) is 0 Å². The number of rotatable bonds is 7. The zero-order valence-corrected chi connectivity index (χ0v) is 13.5. The van der Waals surface area contributed by atoms with E-state index < -0.39 is 0 Å². The van der Waals surface area contributed by atoms with E-state index in [0.717, 1.165) is 46.8 Å². The smallest absolute Gasteiger partial charge is 0.146 e. The Balaban J connectivity index is 1.85. The molecule has 0 unspecified atom stereocenters. The molecule has 0 radical (unpaired) electrons. The average molecular weight is 338 g/mol. The third-order valence-corrected chi connectivity index (χ3v) is 3.84. The van der Waals surface area contributed by atoms with E-state index in [9.17, 15) is 0 Å². The van der Waals surface area contributed by atoms with Crippen LogP contribution >= 0.6 is 15.9 Å². The minimum atomic E-state index is 0.453. The summed E-state index contributed by atoms with van der Waals surface area (Å²) in [5, 5.41) is 3.31. The lowest BCUT2D eigenvalue weighted by molar-refractivity contribution is 0.265. The Morgan fingerprint density at radius 3 is 2.75 bits per heavy atom. The van der Waals surface area contributed by atoms with E-state index in [1.54, 1.807) is 0 Å². The summed E-state index contributed by atoms with van der Waals surface area (Å²) in [6.07, 6.45) is 1.12. The molecule has 0 aliphatic heterocycles. The molecule has 1 aromatic heterocycles. The summed E-state index contributed by atoms with van der Waals surface area (Å²) in [4.78, 5) is 0. The zero-order valence-electron chi connectivity index (χ0n) is 11.9. The first-order valence-electron chi connectivity index (χ1n) is 6.86. The Morgan fingerprint density at radius 2 is 2.00 bits per heavy atom. The largest absolute Gasteiger partial charge is 0.486 e. The second-order valence-corrected chi connectivity index (χ2v) is 5.60. The van der Waals surface area contributed by atoms with Gasteiger partial charge in [0, 0.05) is 4.47 Å². The van der Waals surface area contributed by atoms with E-state index in [-0.39, 0.29) is 0 Å². The molecule has 0 aliphatic carbocycles. The van der Waals surface area contributed by atoms with Crippen molar-refractivity contribution in [2.24, 2.45) is 0 Å². The fourth-order valence-corrected chi connectivity index (χ4v) is 2.09. The Labute approximate surface area is 128 Å². The number of ether oxygens (including phenoxy) is 1. The molecule has 0 amide bonds. The number of hydrogen-bond donors (Lipinski definition) is 1. The fraction of sp³-hybridized carbons (Fsp3) is 0.375. The summed E-state index contributed by atoms with van der Waals surface area (Å²) in [5.74, 6) is 2.65. The van der Waals surface area contributed by atoms with Gasteiger partial charge >= 0.3 is 0 Å². The van der Waals surface area contributed by atoms with Crippen LogP contribution in [0.5, 0.6) is 5.75 Å². The van der Waals surface area contributed by atoms with Crippen molar-refractivity contribution in [2.45, 2.75) is 33.4 Å². The molecule has 0 fully saturated rings. The van der Waals surface area contributed by atoms with Crippen molar-refractivity contribution >= 4 is 15.9 Å². The zero-order chi connectivity index (χ0) is 14.4. The summed E-state index contributed by atoms with van der Waals surface area (Å²) in [6.45, 7) is 6.42. The normalized spacial score (nSPS) is 10.8. The van der Waals surface area contributed by atoms with Crippen molar-refractivity contribution in [1.82, 2.24) is 5.32 Å². The number of benzene rings is 1. The van der Waals surface area contributed by atoms with Crippen molar-refractivity contribution in [2.75, 3.05) is 6.54 Å². The molecule has 0 spiro atoms. The van der Waals surface area contributed by atoms with Crippen molar-refractivity contribution in [1.29, 1.82) is 0 Å².